The predicted molar refractivity (Wildman–Crippen MR) is 112 cm³/mol. The van der Waals surface area contributed by atoms with Crippen LogP contribution in [0.1, 0.15) is 52.4 Å². The van der Waals surface area contributed by atoms with Crippen molar-refractivity contribution in [2.24, 2.45) is 11.8 Å². The monoisotopic (exact) mass is 403 g/mol. The zero-order valence-electron chi connectivity index (χ0n) is 18.1. The maximum atomic E-state index is 12.6. The smallest absolute Gasteiger partial charge is 0.236 e. The quantitative estimate of drug-likeness (QED) is 0.318. The number of fused-ring (bicyclic) bond motifs is 5. The minimum Gasteiger partial charge on any atom is -0.365 e. The molecule has 0 aliphatic carbocycles. The molecule has 1 unspecified atom stereocenters. The van der Waals surface area contributed by atoms with Crippen molar-refractivity contribution in [2.45, 2.75) is 70.6 Å². The van der Waals surface area contributed by atoms with Gasteiger partial charge in [0.05, 0.1) is 24.0 Å². The second-order valence-electron chi connectivity index (χ2n) is 9.26. The Morgan fingerprint density at radius 2 is 1.52 bits per heavy atom. The third kappa shape index (κ3) is 4.30. The molecule has 0 spiro atoms. The highest BCUT2D eigenvalue weighted by Gasteiger charge is 2.60. The van der Waals surface area contributed by atoms with Gasteiger partial charge in [-0.2, -0.15) is 0 Å². The summed E-state index contributed by atoms with van der Waals surface area (Å²) in [6.07, 6.45) is 10.5. The SMILES string of the molecule is CCCC(C)N1CCN(CCCCCCN2C(=O)[C@@H]3[C@H](C2=O)[C@H]2C=C[C@@H]3O2)CC1. The van der Waals surface area contributed by atoms with E-state index < -0.39 is 0 Å². The van der Waals surface area contributed by atoms with Gasteiger partial charge in [0.25, 0.3) is 0 Å². The van der Waals surface area contributed by atoms with Gasteiger partial charge in [0.2, 0.25) is 11.8 Å². The molecule has 0 N–H and O–H groups in total. The molecule has 0 aromatic rings. The highest BCUT2D eigenvalue weighted by atomic mass is 16.5. The van der Waals surface area contributed by atoms with Gasteiger partial charge >= 0.3 is 0 Å². The number of likely N-dealkylation sites (tertiary alicyclic amines) is 1. The second kappa shape index (κ2) is 9.27. The highest BCUT2D eigenvalue weighted by molar-refractivity contribution is 6.06. The van der Waals surface area contributed by atoms with E-state index in [1.807, 2.05) is 12.2 Å². The topological polar surface area (TPSA) is 53.1 Å². The lowest BCUT2D eigenvalue weighted by Gasteiger charge is -2.38. The number of amides is 2. The van der Waals surface area contributed by atoms with Crippen molar-refractivity contribution in [1.82, 2.24) is 14.7 Å². The number of hydrogen-bond acceptors (Lipinski definition) is 5. The molecule has 6 heteroatoms. The maximum Gasteiger partial charge on any atom is 0.236 e. The van der Waals surface area contributed by atoms with E-state index in [9.17, 15) is 9.59 Å². The van der Waals surface area contributed by atoms with Gasteiger partial charge in [-0.1, -0.05) is 38.3 Å². The van der Waals surface area contributed by atoms with Crippen LogP contribution in [-0.4, -0.2) is 84.0 Å². The molecule has 6 nitrogen and oxygen atoms in total. The predicted octanol–water partition coefficient (Wildman–Crippen LogP) is 2.29. The Morgan fingerprint density at radius 3 is 2.10 bits per heavy atom. The lowest BCUT2D eigenvalue weighted by molar-refractivity contribution is -0.142. The number of imide groups is 1. The summed E-state index contributed by atoms with van der Waals surface area (Å²) < 4.78 is 5.69. The summed E-state index contributed by atoms with van der Waals surface area (Å²) in [4.78, 5) is 32.0. The van der Waals surface area contributed by atoms with Crippen LogP contribution in [0, 0.1) is 11.8 Å². The van der Waals surface area contributed by atoms with Gasteiger partial charge in [-0.05, 0) is 32.7 Å². The molecule has 4 heterocycles. The van der Waals surface area contributed by atoms with Gasteiger partial charge in [0.1, 0.15) is 0 Å². The Bertz CT molecular complexity index is 599. The molecule has 29 heavy (non-hydrogen) atoms. The summed E-state index contributed by atoms with van der Waals surface area (Å²) in [5, 5.41) is 0. The molecule has 2 amide bonds. The molecule has 4 rings (SSSR count). The Balaban J connectivity index is 1.08. The molecular weight excluding hydrogens is 366 g/mol. The zero-order valence-corrected chi connectivity index (χ0v) is 18.1. The minimum absolute atomic E-state index is 0.00739. The van der Waals surface area contributed by atoms with E-state index in [1.54, 1.807) is 0 Å². The van der Waals surface area contributed by atoms with Crippen LogP contribution in [0.3, 0.4) is 0 Å². The van der Waals surface area contributed by atoms with Crippen molar-refractivity contribution in [2.75, 3.05) is 39.3 Å². The van der Waals surface area contributed by atoms with E-state index in [0.29, 0.717) is 6.54 Å². The fraction of sp³-hybridized carbons (Fsp3) is 0.826. The Kier molecular flexibility index (Phi) is 6.72. The van der Waals surface area contributed by atoms with Crippen LogP contribution < -0.4 is 0 Å². The van der Waals surface area contributed by atoms with Crippen molar-refractivity contribution in [1.29, 1.82) is 0 Å². The van der Waals surface area contributed by atoms with Crippen LogP contribution in [0.5, 0.6) is 0 Å². The summed E-state index contributed by atoms with van der Waals surface area (Å²) in [5.74, 6) is -0.522. The van der Waals surface area contributed by atoms with Crippen molar-refractivity contribution >= 4 is 11.8 Å². The first kappa shape index (κ1) is 21.0. The zero-order chi connectivity index (χ0) is 20.4. The van der Waals surface area contributed by atoms with Gasteiger partial charge in [-0.3, -0.25) is 19.4 Å². The van der Waals surface area contributed by atoms with E-state index >= 15 is 0 Å². The van der Waals surface area contributed by atoms with Crippen LogP contribution in [0.15, 0.2) is 12.2 Å². The molecule has 3 fully saturated rings. The second-order valence-corrected chi connectivity index (χ2v) is 9.26. The number of piperazine rings is 1. The number of nitrogens with zero attached hydrogens (tertiary/aromatic N) is 3. The molecule has 0 aromatic carbocycles. The number of unbranched alkanes of at least 4 members (excludes halogenated alkanes) is 3. The van der Waals surface area contributed by atoms with Crippen LogP contribution >= 0.6 is 0 Å². The number of ether oxygens (including phenoxy) is 1. The first-order valence-corrected chi connectivity index (χ1v) is 11.8. The highest BCUT2D eigenvalue weighted by Crippen LogP contribution is 2.45. The fourth-order valence-electron chi connectivity index (χ4n) is 5.57. The van der Waals surface area contributed by atoms with Crippen molar-refractivity contribution < 1.29 is 14.3 Å². The van der Waals surface area contributed by atoms with Crippen LogP contribution in [0.2, 0.25) is 0 Å². The largest absolute Gasteiger partial charge is 0.365 e. The Morgan fingerprint density at radius 1 is 0.931 bits per heavy atom. The van der Waals surface area contributed by atoms with Crippen LogP contribution in [0.4, 0.5) is 0 Å². The summed E-state index contributed by atoms with van der Waals surface area (Å²) in [6, 6.07) is 0.718. The van der Waals surface area contributed by atoms with Gasteiger partial charge in [-0.15, -0.1) is 0 Å². The molecule has 162 valence electrons. The Labute approximate surface area is 175 Å². The molecule has 4 aliphatic rings. The Hall–Kier alpha value is -1.24. The van der Waals surface area contributed by atoms with Gasteiger partial charge in [0, 0.05) is 38.8 Å². The third-order valence-corrected chi connectivity index (χ3v) is 7.34. The number of carbonyl (C=O) groups excluding carboxylic acids is 2. The molecule has 3 saturated heterocycles. The fourth-order valence-corrected chi connectivity index (χ4v) is 5.57. The number of carbonyl (C=O) groups is 2. The van der Waals surface area contributed by atoms with Crippen molar-refractivity contribution in [3.8, 4) is 0 Å². The van der Waals surface area contributed by atoms with Gasteiger partial charge < -0.3 is 9.64 Å². The summed E-state index contributed by atoms with van der Waals surface area (Å²) in [6.45, 7) is 11.1. The normalized spacial score (nSPS) is 33.1. The minimum atomic E-state index is -0.254. The van der Waals surface area contributed by atoms with Gasteiger partial charge in [-0.25, -0.2) is 0 Å². The third-order valence-electron chi connectivity index (χ3n) is 7.34. The first-order chi connectivity index (χ1) is 14.1. The number of rotatable bonds is 10. The average molecular weight is 404 g/mol. The molecule has 0 aromatic heterocycles. The van der Waals surface area contributed by atoms with E-state index in [2.05, 4.69) is 23.6 Å². The maximum absolute atomic E-state index is 12.6. The van der Waals surface area contributed by atoms with Crippen molar-refractivity contribution in [3.63, 3.8) is 0 Å². The first-order valence-electron chi connectivity index (χ1n) is 11.8. The molecule has 2 bridgehead atoms. The van der Waals surface area contributed by atoms with Gasteiger partial charge in [0.15, 0.2) is 0 Å². The molecule has 4 aliphatic heterocycles. The molecule has 0 radical (unpaired) electrons. The summed E-state index contributed by atoms with van der Waals surface area (Å²) in [5.41, 5.74) is 0. The lowest BCUT2D eigenvalue weighted by atomic mass is 9.85. The van der Waals surface area contributed by atoms with Crippen LogP contribution in [-0.2, 0) is 14.3 Å². The average Bonchev–Trinajstić information content (AvgIpc) is 3.40. The standard InChI is InChI=1S/C23H37N3O3/c1-3-8-17(2)25-15-13-24(14-16-25)11-6-4-5-7-12-26-22(27)20-18-9-10-19(29-18)21(20)23(26)28/h9-10,17-21H,3-8,11-16H2,1-2H3/t17?,18-,19+,20-,21+. The lowest BCUT2D eigenvalue weighted by Crippen LogP contribution is -2.49. The summed E-state index contributed by atoms with van der Waals surface area (Å²) in [7, 11) is 0. The number of hydrogen-bond donors (Lipinski definition) is 0. The van der Waals surface area contributed by atoms with Crippen LogP contribution in [0.25, 0.3) is 0 Å². The molecular formula is C23H37N3O3. The van der Waals surface area contributed by atoms with E-state index in [-0.39, 0.29) is 35.9 Å². The van der Waals surface area contributed by atoms with E-state index in [0.717, 1.165) is 18.9 Å². The van der Waals surface area contributed by atoms with E-state index in [4.69, 9.17) is 4.74 Å². The van der Waals surface area contributed by atoms with E-state index in [1.165, 1.54) is 63.3 Å². The molecule has 5 atom stereocenters. The van der Waals surface area contributed by atoms with Crippen molar-refractivity contribution in [3.05, 3.63) is 12.2 Å². The summed E-state index contributed by atoms with van der Waals surface area (Å²) >= 11 is 0. The molecule has 0 saturated carbocycles.